The lowest BCUT2D eigenvalue weighted by atomic mass is 10.1. The smallest absolute Gasteiger partial charge is 0.168 e. The van der Waals surface area contributed by atoms with Gasteiger partial charge in [0.25, 0.3) is 0 Å². The number of nitrogens with one attached hydrogen (secondary N) is 1. The van der Waals surface area contributed by atoms with E-state index in [2.05, 4.69) is 14.9 Å². The molecule has 0 aliphatic heterocycles. The molecular weight excluding hydrogens is 426 g/mol. The lowest BCUT2D eigenvalue weighted by Gasteiger charge is -2.32. The fourth-order valence-corrected chi connectivity index (χ4v) is 3.66. The molecule has 3 N–H and O–H groups in total. The van der Waals surface area contributed by atoms with Crippen LogP contribution in [0.4, 0.5) is 14.5 Å². The van der Waals surface area contributed by atoms with Gasteiger partial charge in [-0.15, -0.1) is 21.0 Å². The number of fused-ring (bicyclic) bond motifs is 1. The first-order chi connectivity index (χ1) is 14.8. The molecule has 4 rings (SSSR count). The highest BCUT2D eigenvalue weighted by atomic mass is 32.3. The SMILES string of the molecule is CCS(O)(O)Nc1ccc(Oc2ccc(F)cc2F)c(-c2ccc3nnc(C)n3c2)c1. The molecule has 0 saturated heterocycles. The summed E-state index contributed by atoms with van der Waals surface area (Å²) in [6.07, 6.45) is 1.80. The average molecular weight is 446 g/mol. The Morgan fingerprint density at radius 3 is 2.55 bits per heavy atom. The summed E-state index contributed by atoms with van der Waals surface area (Å²) in [5, 5.41) is 8.10. The number of halogens is 2. The minimum absolute atomic E-state index is 0.132. The third kappa shape index (κ3) is 4.46. The number of hydrogen-bond acceptors (Lipinski definition) is 6. The van der Waals surface area contributed by atoms with Crippen LogP contribution in [0.15, 0.2) is 54.7 Å². The van der Waals surface area contributed by atoms with Gasteiger partial charge in [0.05, 0.1) is 11.4 Å². The van der Waals surface area contributed by atoms with Crippen LogP contribution in [-0.2, 0) is 0 Å². The molecule has 10 heteroatoms. The molecule has 0 aliphatic rings. The Bertz CT molecular complexity index is 1260. The van der Waals surface area contributed by atoms with Crippen LogP contribution in [-0.4, -0.2) is 29.5 Å². The van der Waals surface area contributed by atoms with Crippen LogP contribution in [0, 0.1) is 18.6 Å². The Morgan fingerprint density at radius 1 is 1.03 bits per heavy atom. The zero-order chi connectivity index (χ0) is 22.2. The Morgan fingerprint density at radius 2 is 1.81 bits per heavy atom. The highest BCUT2D eigenvalue weighted by Crippen LogP contribution is 2.42. The number of anilines is 1. The van der Waals surface area contributed by atoms with E-state index in [9.17, 15) is 17.9 Å². The normalized spacial score (nSPS) is 12.2. The highest BCUT2D eigenvalue weighted by Gasteiger charge is 2.16. The summed E-state index contributed by atoms with van der Waals surface area (Å²) in [6, 6.07) is 11.5. The fraction of sp³-hybridized carbons (Fsp3) is 0.143. The van der Waals surface area contributed by atoms with Crippen LogP contribution in [0.25, 0.3) is 16.8 Å². The highest BCUT2D eigenvalue weighted by molar-refractivity contribution is 8.25. The molecule has 31 heavy (non-hydrogen) atoms. The number of pyridine rings is 1. The molecule has 4 aromatic rings. The number of nitrogens with zero attached hydrogens (tertiary/aromatic N) is 3. The van der Waals surface area contributed by atoms with Crippen LogP contribution >= 0.6 is 10.8 Å². The largest absolute Gasteiger partial charge is 0.454 e. The maximum Gasteiger partial charge on any atom is 0.168 e. The van der Waals surface area contributed by atoms with E-state index in [1.54, 1.807) is 47.9 Å². The number of aryl methyl sites for hydroxylation is 1. The Hall–Kier alpha value is -3.21. The number of rotatable bonds is 6. The number of benzene rings is 2. The molecule has 162 valence electrons. The third-order valence-electron chi connectivity index (χ3n) is 4.66. The van der Waals surface area contributed by atoms with Crippen LogP contribution in [0.5, 0.6) is 11.5 Å². The predicted octanol–water partition coefficient (Wildman–Crippen LogP) is 5.87. The van der Waals surface area contributed by atoms with Gasteiger partial charge in [-0.3, -0.25) is 18.2 Å². The van der Waals surface area contributed by atoms with E-state index in [1.165, 1.54) is 6.07 Å². The number of hydrogen-bond donors (Lipinski definition) is 3. The monoisotopic (exact) mass is 446 g/mol. The van der Waals surface area contributed by atoms with Gasteiger partial charge in [-0.1, -0.05) is 0 Å². The lowest BCUT2D eigenvalue weighted by Crippen LogP contribution is -2.11. The predicted molar refractivity (Wildman–Crippen MR) is 117 cm³/mol. The van der Waals surface area contributed by atoms with Gasteiger partial charge in [-0.2, -0.15) is 0 Å². The standard InChI is InChI=1S/C21H20F2N4O3S/c1-3-31(28,29)26-16-6-8-19(30-20-7-5-15(22)10-18(20)23)17(11-16)14-4-9-21-25-24-13(2)27(21)12-14/h4-12,26,28-29H,3H2,1-2H3. The molecule has 0 unspecified atom stereocenters. The molecule has 0 bridgehead atoms. The Kier molecular flexibility index (Phi) is 5.52. The molecule has 0 radical (unpaired) electrons. The van der Waals surface area contributed by atoms with E-state index in [1.807, 2.05) is 6.92 Å². The second kappa shape index (κ2) is 8.14. The maximum atomic E-state index is 14.2. The van der Waals surface area contributed by atoms with Gasteiger partial charge < -0.3 is 4.74 Å². The van der Waals surface area contributed by atoms with Crippen molar-refractivity contribution in [1.29, 1.82) is 0 Å². The van der Waals surface area contributed by atoms with Crippen LogP contribution in [0.3, 0.4) is 0 Å². The topological polar surface area (TPSA) is 91.9 Å². The Labute approximate surface area is 178 Å². The van der Waals surface area contributed by atoms with Crippen molar-refractivity contribution in [1.82, 2.24) is 14.6 Å². The zero-order valence-electron chi connectivity index (χ0n) is 16.7. The minimum atomic E-state index is -3.00. The Balaban J connectivity index is 1.82. The molecule has 0 fully saturated rings. The summed E-state index contributed by atoms with van der Waals surface area (Å²) in [5.74, 6) is -0.565. The molecule has 7 nitrogen and oxygen atoms in total. The quantitative estimate of drug-likeness (QED) is 0.343. The number of aromatic nitrogens is 3. The number of ether oxygens (including phenoxy) is 1. The van der Waals surface area contributed by atoms with Crippen molar-refractivity contribution in [2.75, 3.05) is 10.5 Å². The molecule has 0 amide bonds. The molecule has 2 heterocycles. The van der Waals surface area contributed by atoms with Crippen molar-refractivity contribution in [3.05, 3.63) is 72.2 Å². The summed E-state index contributed by atoms with van der Waals surface area (Å²) >= 11 is 0. The molecule has 0 aliphatic carbocycles. The van der Waals surface area contributed by atoms with Crippen molar-refractivity contribution in [3.63, 3.8) is 0 Å². The van der Waals surface area contributed by atoms with Crippen LogP contribution in [0.2, 0.25) is 0 Å². The summed E-state index contributed by atoms with van der Waals surface area (Å²) in [4.78, 5) is 0. The van der Waals surface area contributed by atoms with Crippen LogP contribution in [0.1, 0.15) is 12.7 Å². The molecule has 2 aromatic carbocycles. The summed E-state index contributed by atoms with van der Waals surface area (Å²) < 4.78 is 57.8. The fourth-order valence-electron chi connectivity index (χ4n) is 3.01. The first kappa shape index (κ1) is 21.0. The summed E-state index contributed by atoms with van der Waals surface area (Å²) in [6.45, 7) is 3.46. The van der Waals surface area contributed by atoms with E-state index in [-0.39, 0.29) is 11.5 Å². The van der Waals surface area contributed by atoms with Gasteiger partial charge in [-0.25, -0.2) is 8.78 Å². The minimum Gasteiger partial charge on any atom is -0.454 e. The molecule has 0 spiro atoms. The van der Waals surface area contributed by atoms with Gasteiger partial charge in [0, 0.05) is 23.4 Å². The van der Waals surface area contributed by atoms with E-state index >= 15 is 0 Å². The van der Waals surface area contributed by atoms with Crippen molar-refractivity contribution >= 4 is 22.1 Å². The molecule has 2 aromatic heterocycles. The lowest BCUT2D eigenvalue weighted by molar-refractivity contribution is 0.439. The van der Waals surface area contributed by atoms with Crippen molar-refractivity contribution in [3.8, 4) is 22.6 Å². The van der Waals surface area contributed by atoms with Gasteiger partial charge in [0.15, 0.2) is 17.2 Å². The summed E-state index contributed by atoms with van der Waals surface area (Å²) in [5.41, 5.74) is 2.35. The van der Waals surface area contributed by atoms with Crippen LogP contribution < -0.4 is 9.46 Å². The molecular formula is C21H20F2N4O3S. The van der Waals surface area contributed by atoms with Crippen molar-refractivity contribution in [2.45, 2.75) is 13.8 Å². The van der Waals surface area contributed by atoms with Gasteiger partial charge in [0.2, 0.25) is 0 Å². The second-order valence-electron chi connectivity index (χ2n) is 6.84. The summed E-state index contributed by atoms with van der Waals surface area (Å²) in [7, 11) is -3.00. The van der Waals surface area contributed by atoms with Gasteiger partial charge in [-0.05, 0) is 56.3 Å². The first-order valence-corrected chi connectivity index (χ1v) is 11.1. The van der Waals surface area contributed by atoms with Gasteiger partial charge >= 0.3 is 0 Å². The van der Waals surface area contributed by atoms with E-state index in [0.29, 0.717) is 34.0 Å². The zero-order valence-corrected chi connectivity index (χ0v) is 17.5. The van der Waals surface area contributed by atoms with Crippen molar-refractivity contribution in [2.24, 2.45) is 0 Å². The second-order valence-corrected chi connectivity index (χ2v) is 8.95. The molecule has 0 saturated carbocycles. The van der Waals surface area contributed by atoms with Gasteiger partial charge in [0.1, 0.15) is 17.4 Å². The third-order valence-corrected chi connectivity index (χ3v) is 6.03. The first-order valence-electron chi connectivity index (χ1n) is 9.38. The maximum absolute atomic E-state index is 14.2. The van der Waals surface area contributed by atoms with E-state index in [0.717, 1.165) is 12.1 Å². The van der Waals surface area contributed by atoms with Crippen molar-refractivity contribution < 1.29 is 22.6 Å². The van der Waals surface area contributed by atoms with E-state index < -0.39 is 22.4 Å². The average Bonchev–Trinajstić information content (AvgIpc) is 3.11. The van der Waals surface area contributed by atoms with E-state index in [4.69, 9.17) is 4.74 Å². The molecule has 0 atom stereocenters.